The molecule has 0 amide bonds. The van der Waals surface area contributed by atoms with E-state index < -0.39 is 17.5 Å². The summed E-state index contributed by atoms with van der Waals surface area (Å²) in [7, 11) is 0. The van der Waals surface area contributed by atoms with E-state index in [1.807, 2.05) is 0 Å². The van der Waals surface area contributed by atoms with Crippen molar-refractivity contribution >= 4 is 0 Å². The number of aryl methyl sites for hydroxylation is 1. The molecule has 1 aliphatic rings. The summed E-state index contributed by atoms with van der Waals surface area (Å²) in [5.41, 5.74) is 0.273. The summed E-state index contributed by atoms with van der Waals surface area (Å²) >= 11 is 0. The van der Waals surface area contributed by atoms with Gasteiger partial charge in [-0.1, -0.05) is 12.8 Å². The van der Waals surface area contributed by atoms with Gasteiger partial charge in [-0.2, -0.15) is 0 Å². The van der Waals surface area contributed by atoms with E-state index in [9.17, 15) is 13.2 Å². The second kappa shape index (κ2) is 6.94. The normalized spacial score (nSPS) is 14.9. The van der Waals surface area contributed by atoms with E-state index in [4.69, 9.17) is 0 Å². The first-order valence-corrected chi connectivity index (χ1v) is 7.03. The van der Waals surface area contributed by atoms with Crippen LogP contribution in [-0.2, 0) is 6.42 Å². The number of unbranched alkanes of at least 4 members (excludes halogenated alkanes) is 3. The van der Waals surface area contributed by atoms with E-state index in [2.05, 4.69) is 5.32 Å². The second-order valence-corrected chi connectivity index (χ2v) is 5.25. The highest BCUT2D eigenvalue weighted by atomic mass is 19.2. The smallest absolute Gasteiger partial charge is 0.161 e. The van der Waals surface area contributed by atoms with Crippen molar-refractivity contribution in [2.75, 3.05) is 6.54 Å². The van der Waals surface area contributed by atoms with Gasteiger partial charge in [-0.05, 0) is 50.3 Å². The Kier molecular flexibility index (Phi) is 5.25. The lowest BCUT2D eigenvalue weighted by molar-refractivity contribution is 0.488. The summed E-state index contributed by atoms with van der Waals surface area (Å²) in [6, 6.07) is 2.35. The van der Waals surface area contributed by atoms with Gasteiger partial charge in [-0.3, -0.25) is 0 Å². The van der Waals surface area contributed by atoms with Crippen molar-refractivity contribution in [2.24, 2.45) is 0 Å². The molecule has 0 unspecified atom stereocenters. The molecule has 19 heavy (non-hydrogen) atoms. The lowest BCUT2D eigenvalue weighted by Crippen LogP contribution is -2.17. The molecule has 1 saturated carbocycles. The maximum atomic E-state index is 13.3. The Labute approximate surface area is 112 Å². The molecule has 0 radical (unpaired) electrons. The molecular weight excluding hydrogens is 251 g/mol. The average molecular weight is 271 g/mol. The topological polar surface area (TPSA) is 12.0 Å². The minimum atomic E-state index is -1.12. The molecule has 0 bridgehead atoms. The molecule has 1 aromatic carbocycles. The van der Waals surface area contributed by atoms with E-state index in [0.717, 1.165) is 44.3 Å². The van der Waals surface area contributed by atoms with Crippen molar-refractivity contribution in [3.8, 4) is 0 Å². The molecule has 1 aromatic rings. The number of nitrogens with one attached hydrogen (secondary N) is 1. The van der Waals surface area contributed by atoms with Crippen LogP contribution in [0, 0.1) is 17.5 Å². The lowest BCUT2D eigenvalue weighted by atomic mass is 10.1. The van der Waals surface area contributed by atoms with Crippen molar-refractivity contribution in [3.05, 3.63) is 35.1 Å². The number of hydrogen-bond donors (Lipinski definition) is 1. The quantitative estimate of drug-likeness (QED) is 0.557. The molecule has 1 fully saturated rings. The zero-order valence-electron chi connectivity index (χ0n) is 11.0. The number of hydrogen-bond acceptors (Lipinski definition) is 1. The van der Waals surface area contributed by atoms with Gasteiger partial charge in [-0.25, -0.2) is 13.2 Å². The standard InChI is InChI=1S/C15H20F3N/c16-13-10-15(18)14(17)9-11(13)5-3-1-2-4-8-19-12-6-7-12/h9-10,12,19H,1-8H2. The fourth-order valence-corrected chi connectivity index (χ4v) is 2.14. The molecule has 0 saturated heterocycles. The van der Waals surface area contributed by atoms with Crippen LogP contribution in [0.1, 0.15) is 44.1 Å². The Balaban J connectivity index is 1.60. The predicted molar refractivity (Wildman–Crippen MR) is 69.5 cm³/mol. The molecule has 0 atom stereocenters. The third-order valence-corrected chi connectivity index (χ3v) is 3.47. The molecule has 1 nitrogen and oxygen atoms in total. The molecule has 106 valence electrons. The van der Waals surface area contributed by atoms with Gasteiger partial charge >= 0.3 is 0 Å². The van der Waals surface area contributed by atoms with Crippen LogP contribution in [0.3, 0.4) is 0 Å². The molecule has 0 aromatic heterocycles. The zero-order chi connectivity index (χ0) is 13.7. The number of rotatable bonds is 8. The van der Waals surface area contributed by atoms with Crippen molar-refractivity contribution in [2.45, 2.75) is 51.0 Å². The van der Waals surface area contributed by atoms with Crippen LogP contribution in [0.15, 0.2) is 12.1 Å². The van der Waals surface area contributed by atoms with Crippen LogP contribution in [0.25, 0.3) is 0 Å². The van der Waals surface area contributed by atoms with E-state index in [1.165, 1.54) is 12.8 Å². The average Bonchev–Trinajstić information content (AvgIpc) is 3.18. The Bertz CT molecular complexity index is 416. The first kappa shape index (κ1) is 14.4. The number of halogens is 3. The van der Waals surface area contributed by atoms with E-state index in [-0.39, 0.29) is 5.56 Å². The van der Waals surface area contributed by atoms with Crippen LogP contribution >= 0.6 is 0 Å². The first-order valence-electron chi connectivity index (χ1n) is 7.03. The van der Waals surface area contributed by atoms with Crippen molar-refractivity contribution < 1.29 is 13.2 Å². The summed E-state index contributed by atoms with van der Waals surface area (Å²) in [5, 5.41) is 3.44. The number of benzene rings is 1. The van der Waals surface area contributed by atoms with Gasteiger partial charge in [0.1, 0.15) is 5.82 Å². The SMILES string of the molecule is Fc1cc(F)c(CCCCCCNC2CC2)cc1F. The minimum absolute atomic E-state index is 0.273. The van der Waals surface area contributed by atoms with Gasteiger partial charge in [0.25, 0.3) is 0 Å². The molecular formula is C15H20F3N. The summed E-state index contributed by atoms with van der Waals surface area (Å²) in [6.45, 7) is 1.05. The van der Waals surface area contributed by atoms with Gasteiger partial charge in [0.15, 0.2) is 11.6 Å². The Morgan fingerprint density at radius 2 is 1.58 bits per heavy atom. The predicted octanol–water partition coefficient (Wildman–Crippen LogP) is 3.96. The summed E-state index contributed by atoms with van der Waals surface area (Å²) in [6.07, 6.45) is 7.09. The first-order chi connectivity index (χ1) is 9.16. The Morgan fingerprint density at radius 1 is 0.895 bits per heavy atom. The fraction of sp³-hybridized carbons (Fsp3) is 0.600. The Hall–Kier alpha value is -1.03. The second-order valence-electron chi connectivity index (χ2n) is 5.25. The van der Waals surface area contributed by atoms with E-state index in [1.54, 1.807) is 0 Å². The molecule has 1 N–H and O–H groups in total. The highest BCUT2D eigenvalue weighted by molar-refractivity contribution is 5.20. The van der Waals surface area contributed by atoms with Gasteiger partial charge < -0.3 is 5.32 Å². The van der Waals surface area contributed by atoms with Crippen LogP contribution in [0.4, 0.5) is 13.2 Å². The van der Waals surface area contributed by atoms with Crippen molar-refractivity contribution in [1.82, 2.24) is 5.32 Å². The fourth-order valence-electron chi connectivity index (χ4n) is 2.14. The molecule has 1 aliphatic carbocycles. The highest BCUT2D eigenvalue weighted by Gasteiger charge is 2.19. The van der Waals surface area contributed by atoms with E-state index in [0.29, 0.717) is 12.5 Å². The molecule has 0 aliphatic heterocycles. The van der Waals surface area contributed by atoms with Gasteiger partial charge in [0.05, 0.1) is 0 Å². The maximum absolute atomic E-state index is 13.3. The van der Waals surface area contributed by atoms with Crippen LogP contribution in [0.2, 0.25) is 0 Å². The highest BCUT2D eigenvalue weighted by Crippen LogP contribution is 2.19. The van der Waals surface area contributed by atoms with Crippen molar-refractivity contribution in [3.63, 3.8) is 0 Å². The minimum Gasteiger partial charge on any atom is -0.314 e. The van der Waals surface area contributed by atoms with Crippen molar-refractivity contribution in [1.29, 1.82) is 0 Å². The summed E-state index contributed by atoms with van der Waals surface area (Å²) in [5.74, 6) is -2.73. The molecule has 0 spiro atoms. The van der Waals surface area contributed by atoms with Gasteiger partial charge in [0.2, 0.25) is 0 Å². The largest absolute Gasteiger partial charge is 0.314 e. The van der Waals surface area contributed by atoms with Gasteiger partial charge in [0, 0.05) is 12.1 Å². The zero-order valence-corrected chi connectivity index (χ0v) is 11.0. The molecule has 2 rings (SSSR count). The molecule has 4 heteroatoms. The monoisotopic (exact) mass is 271 g/mol. The lowest BCUT2D eigenvalue weighted by Gasteiger charge is -2.05. The maximum Gasteiger partial charge on any atom is 0.161 e. The Morgan fingerprint density at radius 3 is 2.32 bits per heavy atom. The third kappa shape index (κ3) is 4.86. The summed E-state index contributed by atoms with van der Waals surface area (Å²) < 4.78 is 39.0. The molecule has 0 heterocycles. The van der Waals surface area contributed by atoms with Crippen LogP contribution in [-0.4, -0.2) is 12.6 Å². The van der Waals surface area contributed by atoms with Crippen LogP contribution in [0.5, 0.6) is 0 Å². The van der Waals surface area contributed by atoms with Crippen LogP contribution < -0.4 is 5.32 Å². The summed E-state index contributed by atoms with van der Waals surface area (Å²) in [4.78, 5) is 0. The van der Waals surface area contributed by atoms with E-state index >= 15 is 0 Å². The third-order valence-electron chi connectivity index (χ3n) is 3.47. The van der Waals surface area contributed by atoms with Gasteiger partial charge in [-0.15, -0.1) is 0 Å².